The Hall–Kier alpha value is -2.04. The lowest BCUT2D eigenvalue weighted by atomic mass is 10.0. The van der Waals surface area contributed by atoms with E-state index >= 15 is 0 Å². The van der Waals surface area contributed by atoms with Crippen molar-refractivity contribution >= 4 is 34.0 Å². The minimum Gasteiger partial charge on any atom is -0.497 e. The number of halogens is 2. The molecular formula is C16H12Cl2N2O2. The van der Waals surface area contributed by atoms with Crippen LogP contribution in [0.25, 0.3) is 10.8 Å². The molecule has 0 aliphatic heterocycles. The quantitative estimate of drug-likeness (QED) is 0.791. The Kier molecular flexibility index (Phi) is 4.05. The van der Waals surface area contributed by atoms with Gasteiger partial charge in [-0.25, -0.2) is 5.10 Å². The molecule has 0 unspecified atom stereocenters. The fourth-order valence-corrected chi connectivity index (χ4v) is 2.61. The van der Waals surface area contributed by atoms with Crippen LogP contribution in [0.4, 0.5) is 0 Å². The summed E-state index contributed by atoms with van der Waals surface area (Å²) in [6.07, 6.45) is 0.565. The predicted octanol–water partition coefficient (Wildman–Crippen LogP) is 3.83. The third-order valence-electron chi connectivity index (χ3n) is 3.44. The van der Waals surface area contributed by atoms with Crippen molar-refractivity contribution in [1.82, 2.24) is 10.2 Å². The maximum atomic E-state index is 11.9. The zero-order valence-electron chi connectivity index (χ0n) is 11.7. The molecule has 0 radical (unpaired) electrons. The zero-order valence-corrected chi connectivity index (χ0v) is 13.2. The average molecular weight is 335 g/mol. The second kappa shape index (κ2) is 5.99. The first-order valence-corrected chi connectivity index (χ1v) is 7.33. The lowest BCUT2D eigenvalue weighted by Gasteiger charge is -2.07. The number of methoxy groups -OCH3 is 1. The van der Waals surface area contributed by atoms with Gasteiger partial charge in [0.15, 0.2) is 0 Å². The summed E-state index contributed by atoms with van der Waals surface area (Å²) in [6, 6.07) is 10.9. The van der Waals surface area contributed by atoms with Gasteiger partial charge in [-0.1, -0.05) is 35.3 Å². The topological polar surface area (TPSA) is 55.0 Å². The molecule has 22 heavy (non-hydrogen) atoms. The molecular weight excluding hydrogens is 323 g/mol. The van der Waals surface area contributed by atoms with E-state index in [1.54, 1.807) is 19.2 Å². The van der Waals surface area contributed by atoms with Crippen LogP contribution in [0.15, 0.2) is 41.2 Å². The summed E-state index contributed by atoms with van der Waals surface area (Å²) in [5, 5.41) is 8.58. The Labute approximate surface area is 136 Å². The number of aromatic nitrogens is 2. The van der Waals surface area contributed by atoms with E-state index in [0.29, 0.717) is 27.2 Å². The molecule has 0 fully saturated rings. The molecule has 0 saturated heterocycles. The fourth-order valence-electron chi connectivity index (χ4n) is 2.28. The van der Waals surface area contributed by atoms with E-state index in [1.165, 1.54) is 0 Å². The minimum atomic E-state index is -0.285. The van der Waals surface area contributed by atoms with Crippen LogP contribution in [0.5, 0.6) is 5.75 Å². The van der Waals surface area contributed by atoms with Crippen molar-refractivity contribution in [2.75, 3.05) is 7.11 Å². The summed E-state index contributed by atoms with van der Waals surface area (Å²) in [5.74, 6) is 0.790. The molecule has 3 aromatic rings. The van der Waals surface area contributed by atoms with E-state index in [1.807, 2.05) is 24.3 Å². The van der Waals surface area contributed by atoms with Gasteiger partial charge < -0.3 is 4.74 Å². The molecule has 4 nitrogen and oxygen atoms in total. The molecule has 0 saturated carbocycles. The van der Waals surface area contributed by atoms with Gasteiger partial charge in [-0.2, -0.15) is 5.10 Å². The van der Waals surface area contributed by atoms with Crippen LogP contribution in [0.3, 0.4) is 0 Å². The van der Waals surface area contributed by atoms with Gasteiger partial charge in [-0.3, -0.25) is 4.79 Å². The van der Waals surface area contributed by atoms with E-state index in [4.69, 9.17) is 27.9 Å². The molecule has 2 aromatic carbocycles. The van der Waals surface area contributed by atoms with Crippen LogP contribution >= 0.6 is 23.2 Å². The van der Waals surface area contributed by atoms with Crippen molar-refractivity contribution in [3.05, 3.63) is 68.1 Å². The van der Waals surface area contributed by atoms with Crippen molar-refractivity contribution in [2.45, 2.75) is 6.42 Å². The number of nitrogens with zero attached hydrogens (tertiary/aromatic N) is 1. The predicted molar refractivity (Wildman–Crippen MR) is 88.2 cm³/mol. The first-order chi connectivity index (χ1) is 10.6. The van der Waals surface area contributed by atoms with Gasteiger partial charge in [0.2, 0.25) is 0 Å². The maximum Gasteiger partial charge on any atom is 0.272 e. The first-order valence-electron chi connectivity index (χ1n) is 6.57. The Balaban J connectivity index is 2.08. The average Bonchev–Trinajstić information content (AvgIpc) is 2.53. The molecule has 3 rings (SSSR count). The van der Waals surface area contributed by atoms with Crippen LogP contribution in [-0.4, -0.2) is 17.3 Å². The van der Waals surface area contributed by atoms with E-state index < -0.39 is 0 Å². The number of rotatable bonds is 3. The van der Waals surface area contributed by atoms with Gasteiger partial charge in [0.25, 0.3) is 5.56 Å². The Morgan fingerprint density at radius 2 is 1.73 bits per heavy atom. The largest absolute Gasteiger partial charge is 0.497 e. The lowest BCUT2D eigenvalue weighted by molar-refractivity contribution is 0.414. The number of benzene rings is 2. The monoisotopic (exact) mass is 334 g/mol. The number of hydrogen-bond donors (Lipinski definition) is 1. The van der Waals surface area contributed by atoms with Crippen LogP contribution in [-0.2, 0) is 6.42 Å². The molecule has 1 heterocycles. The van der Waals surface area contributed by atoms with Crippen LogP contribution < -0.4 is 10.3 Å². The van der Waals surface area contributed by atoms with Crippen LogP contribution in [0.2, 0.25) is 10.0 Å². The van der Waals surface area contributed by atoms with Gasteiger partial charge in [-0.05, 0) is 29.8 Å². The molecule has 0 atom stereocenters. The normalized spacial score (nSPS) is 10.9. The third kappa shape index (κ3) is 2.80. The molecule has 0 aliphatic rings. The summed E-state index contributed by atoms with van der Waals surface area (Å²) < 4.78 is 5.14. The van der Waals surface area contributed by atoms with Crippen molar-refractivity contribution in [3.8, 4) is 5.75 Å². The zero-order chi connectivity index (χ0) is 15.7. The molecule has 1 N–H and O–H groups in total. The number of hydrogen-bond acceptors (Lipinski definition) is 3. The van der Waals surface area contributed by atoms with E-state index in [2.05, 4.69) is 10.2 Å². The number of ether oxygens (including phenoxy) is 1. The smallest absolute Gasteiger partial charge is 0.272 e. The highest BCUT2D eigenvalue weighted by atomic mass is 35.5. The van der Waals surface area contributed by atoms with Crippen LogP contribution in [0.1, 0.15) is 11.3 Å². The highest BCUT2D eigenvalue weighted by molar-refractivity contribution is 6.42. The molecule has 0 bridgehead atoms. The Morgan fingerprint density at radius 3 is 2.36 bits per heavy atom. The number of fused-ring (bicyclic) bond motifs is 1. The molecule has 0 aliphatic carbocycles. The van der Waals surface area contributed by atoms with Gasteiger partial charge >= 0.3 is 0 Å². The van der Waals surface area contributed by atoms with Crippen molar-refractivity contribution in [3.63, 3.8) is 0 Å². The van der Waals surface area contributed by atoms with E-state index in [9.17, 15) is 4.79 Å². The van der Waals surface area contributed by atoms with Gasteiger partial charge in [0, 0.05) is 11.8 Å². The van der Waals surface area contributed by atoms with Crippen molar-refractivity contribution < 1.29 is 4.74 Å². The van der Waals surface area contributed by atoms with E-state index in [-0.39, 0.29) is 5.56 Å². The number of nitrogens with one attached hydrogen (secondary N) is 1. The number of H-pyrrole nitrogens is 1. The Bertz CT molecular complexity index is 889. The summed E-state index contributed by atoms with van der Waals surface area (Å²) >= 11 is 12.1. The standard InChI is InChI=1S/C16H12Cl2N2O2/c1-22-10-4-2-9(3-5-10)6-15-11-7-13(17)14(18)8-12(11)16(21)20-19-15/h2-5,7-8H,6H2,1H3,(H,20,21). The SMILES string of the molecule is COc1ccc(Cc2n[nH]c(=O)c3cc(Cl)c(Cl)cc23)cc1. The van der Waals surface area contributed by atoms with Crippen LogP contribution in [0, 0.1) is 0 Å². The third-order valence-corrected chi connectivity index (χ3v) is 4.16. The lowest BCUT2D eigenvalue weighted by Crippen LogP contribution is -2.11. The highest BCUT2D eigenvalue weighted by Crippen LogP contribution is 2.28. The fraction of sp³-hybridized carbons (Fsp3) is 0.125. The second-order valence-corrected chi connectivity index (χ2v) is 5.65. The van der Waals surface area contributed by atoms with Gasteiger partial charge in [0.1, 0.15) is 5.75 Å². The summed E-state index contributed by atoms with van der Waals surface area (Å²) in [5.41, 5.74) is 1.50. The molecule has 0 amide bonds. The number of aromatic amines is 1. The first kappa shape index (κ1) is 14.9. The molecule has 112 valence electrons. The highest BCUT2D eigenvalue weighted by Gasteiger charge is 2.10. The summed E-state index contributed by atoms with van der Waals surface area (Å²) in [6.45, 7) is 0. The summed E-state index contributed by atoms with van der Waals surface area (Å²) in [4.78, 5) is 11.9. The Morgan fingerprint density at radius 1 is 1.09 bits per heavy atom. The molecule has 0 spiro atoms. The van der Waals surface area contributed by atoms with E-state index in [0.717, 1.165) is 17.0 Å². The second-order valence-electron chi connectivity index (χ2n) is 4.84. The maximum absolute atomic E-state index is 11.9. The van der Waals surface area contributed by atoms with Gasteiger partial charge in [-0.15, -0.1) is 0 Å². The van der Waals surface area contributed by atoms with Crippen molar-refractivity contribution in [2.24, 2.45) is 0 Å². The summed E-state index contributed by atoms with van der Waals surface area (Å²) in [7, 11) is 1.62. The van der Waals surface area contributed by atoms with Gasteiger partial charge in [0.05, 0.1) is 28.2 Å². The van der Waals surface area contributed by atoms with Crippen molar-refractivity contribution in [1.29, 1.82) is 0 Å². The minimum absolute atomic E-state index is 0.285. The molecule has 1 aromatic heterocycles. The molecule has 6 heteroatoms.